The fourth-order valence-corrected chi connectivity index (χ4v) is 4.98. The van der Waals surface area contributed by atoms with Crippen molar-refractivity contribution in [1.29, 1.82) is 0 Å². The summed E-state index contributed by atoms with van der Waals surface area (Å²) < 4.78 is 3.23. The van der Waals surface area contributed by atoms with E-state index < -0.39 is 6.04 Å². The number of rotatable bonds is 4. The zero-order valence-corrected chi connectivity index (χ0v) is 22.8. The third kappa shape index (κ3) is 4.74. The first-order chi connectivity index (χ1) is 19.9. The molecule has 6 aromatic rings. The fourth-order valence-electron chi connectivity index (χ4n) is 4.98. The van der Waals surface area contributed by atoms with E-state index in [1.165, 1.54) is 0 Å². The maximum atomic E-state index is 14.2. The molecule has 1 N–H and O–H groups in total. The van der Waals surface area contributed by atoms with E-state index in [9.17, 15) is 9.59 Å². The molecule has 4 heterocycles. The van der Waals surface area contributed by atoms with Crippen LogP contribution in [0.4, 0.5) is 0 Å². The molecular formula is C33H26N6O2. The number of aryl methyl sites for hydroxylation is 2. The number of nitrogens with one attached hydrogen (secondary N) is 1. The van der Waals surface area contributed by atoms with Gasteiger partial charge >= 0.3 is 0 Å². The number of carbonyl (C=O) groups is 1. The molecule has 0 bridgehead atoms. The normalized spacial score (nSPS) is 11.7. The number of hydrogen-bond acceptors (Lipinski definition) is 5. The van der Waals surface area contributed by atoms with Crippen molar-refractivity contribution in [3.8, 4) is 17.5 Å². The molecule has 0 aliphatic heterocycles. The van der Waals surface area contributed by atoms with Gasteiger partial charge in [-0.1, -0.05) is 42.2 Å². The topological polar surface area (TPSA) is 94.2 Å². The van der Waals surface area contributed by atoms with Crippen molar-refractivity contribution in [1.82, 2.24) is 29.5 Å². The maximum Gasteiger partial charge on any atom is 0.264 e. The molecule has 0 unspecified atom stereocenters. The lowest BCUT2D eigenvalue weighted by Crippen LogP contribution is -2.32. The molecule has 1 atom stereocenters. The number of pyridine rings is 2. The van der Waals surface area contributed by atoms with Gasteiger partial charge in [0.1, 0.15) is 5.56 Å². The van der Waals surface area contributed by atoms with Crippen molar-refractivity contribution in [3.05, 3.63) is 136 Å². The largest absolute Gasteiger partial charge is 0.344 e. The summed E-state index contributed by atoms with van der Waals surface area (Å²) in [5.74, 6) is 6.06. The van der Waals surface area contributed by atoms with E-state index in [1.54, 1.807) is 46.9 Å². The van der Waals surface area contributed by atoms with Crippen LogP contribution in [0.5, 0.6) is 0 Å². The summed E-state index contributed by atoms with van der Waals surface area (Å²) in [5, 5.41) is 8.73. The van der Waals surface area contributed by atoms with Gasteiger partial charge in [0.05, 0.1) is 17.1 Å². The summed E-state index contributed by atoms with van der Waals surface area (Å²) in [5.41, 5.74) is 4.99. The standard InChI is InChI=1S/C33H26N6O2/c1-21-15-17-34-20-26(21)14-13-24-9-7-10-25-19-28(39(33(41)30(24)25)27-11-5-4-6-12-27)22(2)36-32(40)29-23(3)37-38-18-8-16-35-31(29)38/h4-12,15-20,22H,1-3H3,(H,36,40)/t22-/m0/s1. The summed E-state index contributed by atoms with van der Waals surface area (Å²) >= 11 is 0. The highest BCUT2D eigenvalue weighted by Crippen LogP contribution is 2.24. The van der Waals surface area contributed by atoms with Crippen LogP contribution in [0.25, 0.3) is 22.1 Å². The van der Waals surface area contributed by atoms with Crippen molar-refractivity contribution >= 4 is 22.3 Å². The predicted octanol–water partition coefficient (Wildman–Crippen LogP) is 4.94. The third-order valence-electron chi connectivity index (χ3n) is 7.05. The predicted molar refractivity (Wildman–Crippen MR) is 158 cm³/mol. The molecule has 0 saturated heterocycles. The van der Waals surface area contributed by atoms with Gasteiger partial charge in [-0.25, -0.2) is 9.50 Å². The minimum atomic E-state index is -0.523. The van der Waals surface area contributed by atoms with E-state index in [4.69, 9.17) is 0 Å². The van der Waals surface area contributed by atoms with Crippen molar-refractivity contribution in [2.24, 2.45) is 0 Å². The second-order valence-electron chi connectivity index (χ2n) is 9.80. The van der Waals surface area contributed by atoms with Gasteiger partial charge in [0.15, 0.2) is 5.65 Å². The van der Waals surface area contributed by atoms with Gasteiger partial charge in [-0.2, -0.15) is 5.10 Å². The van der Waals surface area contributed by atoms with E-state index >= 15 is 0 Å². The smallest absolute Gasteiger partial charge is 0.264 e. The fraction of sp³-hybridized carbons (Fsp3) is 0.121. The number of hydrogen-bond donors (Lipinski definition) is 1. The zero-order valence-electron chi connectivity index (χ0n) is 22.8. The zero-order chi connectivity index (χ0) is 28.5. The van der Waals surface area contributed by atoms with Gasteiger partial charge < -0.3 is 5.32 Å². The van der Waals surface area contributed by atoms with E-state index in [-0.39, 0.29) is 11.5 Å². The molecule has 2 aromatic carbocycles. The Labute approximate surface area is 236 Å². The van der Waals surface area contributed by atoms with Crippen molar-refractivity contribution in [2.45, 2.75) is 26.8 Å². The van der Waals surface area contributed by atoms with Crippen LogP contribution >= 0.6 is 0 Å². The first-order valence-electron chi connectivity index (χ1n) is 13.2. The summed E-state index contributed by atoms with van der Waals surface area (Å²) in [6.07, 6.45) is 6.83. The number of fused-ring (bicyclic) bond motifs is 2. The van der Waals surface area contributed by atoms with Gasteiger partial charge in [-0.15, -0.1) is 0 Å². The molecule has 0 aliphatic carbocycles. The Bertz CT molecular complexity index is 2070. The molecule has 41 heavy (non-hydrogen) atoms. The van der Waals surface area contributed by atoms with E-state index in [1.807, 2.05) is 74.5 Å². The highest BCUT2D eigenvalue weighted by Gasteiger charge is 2.23. The van der Waals surface area contributed by atoms with Gasteiger partial charge in [-0.3, -0.25) is 19.1 Å². The highest BCUT2D eigenvalue weighted by molar-refractivity contribution is 6.01. The molecule has 8 heteroatoms. The van der Waals surface area contributed by atoms with E-state index in [2.05, 4.69) is 32.2 Å². The molecule has 200 valence electrons. The third-order valence-corrected chi connectivity index (χ3v) is 7.05. The Balaban J connectivity index is 1.48. The van der Waals surface area contributed by atoms with E-state index in [0.29, 0.717) is 39.2 Å². The van der Waals surface area contributed by atoms with Gasteiger partial charge in [0.2, 0.25) is 0 Å². The Morgan fingerprint density at radius 2 is 1.76 bits per heavy atom. The van der Waals surface area contributed by atoms with Crippen LogP contribution in [0.1, 0.15) is 51.4 Å². The second-order valence-corrected chi connectivity index (χ2v) is 9.80. The maximum absolute atomic E-state index is 14.2. The number of amides is 1. The van der Waals surface area contributed by atoms with Crippen LogP contribution in [0.2, 0.25) is 0 Å². The monoisotopic (exact) mass is 538 g/mol. The van der Waals surface area contributed by atoms with Gasteiger partial charge in [0.25, 0.3) is 11.5 Å². The van der Waals surface area contributed by atoms with Crippen LogP contribution in [0.15, 0.2) is 96.3 Å². The second kappa shape index (κ2) is 10.5. The van der Waals surface area contributed by atoms with Gasteiger partial charge in [0, 0.05) is 47.3 Å². The Morgan fingerprint density at radius 1 is 0.951 bits per heavy atom. The van der Waals surface area contributed by atoms with Crippen LogP contribution in [0, 0.1) is 25.7 Å². The number of nitrogens with zero attached hydrogens (tertiary/aromatic N) is 5. The van der Waals surface area contributed by atoms with Crippen molar-refractivity contribution in [3.63, 3.8) is 0 Å². The molecular weight excluding hydrogens is 512 g/mol. The average molecular weight is 539 g/mol. The number of para-hydroxylation sites is 1. The molecule has 0 spiro atoms. The molecule has 4 aromatic heterocycles. The Hall–Kier alpha value is -5.55. The molecule has 1 amide bonds. The quantitative estimate of drug-likeness (QED) is 0.321. The first kappa shape index (κ1) is 25.7. The lowest BCUT2D eigenvalue weighted by atomic mass is 10.0. The number of carbonyl (C=O) groups excluding carboxylic acids is 1. The Kier molecular flexibility index (Phi) is 6.62. The molecule has 0 fully saturated rings. The molecule has 0 aliphatic rings. The molecule has 6 rings (SSSR count). The van der Waals surface area contributed by atoms with Crippen LogP contribution < -0.4 is 10.9 Å². The molecule has 0 saturated carbocycles. The van der Waals surface area contributed by atoms with Crippen molar-refractivity contribution < 1.29 is 4.79 Å². The summed E-state index contributed by atoms with van der Waals surface area (Å²) in [4.78, 5) is 36.3. The van der Waals surface area contributed by atoms with E-state index in [0.717, 1.165) is 16.5 Å². The highest BCUT2D eigenvalue weighted by atomic mass is 16.2. The number of benzene rings is 2. The minimum Gasteiger partial charge on any atom is -0.344 e. The molecule has 8 nitrogen and oxygen atoms in total. The van der Waals surface area contributed by atoms with Crippen molar-refractivity contribution in [2.75, 3.05) is 0 Å². The number of aromatic nitrogens is 5. The van der Waals surface area contributed by atoms with Gasteiger partial charge in [-0.05, 0) is 68.1 Å². The summed E-state index contributed by atoms with van der Waals surface area (Å²) in [7, 11) is 0. The molecule has 0 radical (unpaired) electrons. The first-order valence-corrected chi connectivity index (χ1v) is 13.2. The lowest BCUT2D eigenvalue weighted by molar-refractivity contribution is 0.0939. The van der Waals surface area contributed by atoms with Crippen LogP contribution in [0.3, 0.4) is 0 Å². The van der Waals surface area contributed by atoms with Crippen LogP contribution in [-0.2, 0) is 0 Å². The summed E-state index contributed by atoms with van der Waals surface area (Å²) in [6, 6.07) is 20.1. The SMILES string of the molecule is Cc1ccncc1C#Cc1cccc2cc([C@H](C)NC(=O)c3c(C)nn4cccnc34)n(-c3ccccc3)c(=O)c12. The van der Waals surface area contributed by atoms with Crippen LogP contribution in [-0.4, -0.2) is 30.1 Å². The summed E-state index contributed by atoms with van der Waals surface area (Å²) in [6.45, 7) is 5.62. The minimum absolute atomic E-state index is 0.216. The lowest BCUT2D eigenvalue weighted by Gasteiger charge is -2.21. The average Bonchev–Trinajstić information content (AvgIpc) is 3.32. The Morgan fingerprint density at radius 3 is 2.56 bits per heavy atom.